The number of carbonyl (C=O) groups is 2. The molecule has 5 aromatic rings. The zero-order valence-electron chi connectivity index (χ0n) is 24.7. The van der Waals surface area contributed by atoms with Gasteiger partial charge in [0, 0.05) is 56.5 Å². The van der Waals surface area contributed by atoms with Crippen molar-refractivity contribution >= 4 is 28.8 Å². The number of benzene rings is 2. The van der Waals surface area contributed by atoms with Gasteiger partial charge < -0.3 is 14.1 Å². The molecule has 15 heteroatoms. The number of alkyl halides is 2. The van der Waals surface area contributed by atoms with E-state index < -0.39 is 31.0 Å². The summed E-state index contributed by atoms with van der Waals surface area (Å²) in [4.78, 5) is 39.9. The summed E-state index contributed by atoms with van der Waals surface area (Å²) in [6.45, 7) is 2.17. The number of aromatic nitrogens is 6. The maximum absolute atomic E-state index is 13.5. The third-order valence-electron chi connectivity index (χ3n) is 8.04. The number of nitrogens with one attached hydrogen (secondary N) is 1. The number of anilines is 1. The van der Waals surface area contributed by atoms with Gasteiger partial charge in [0.25, 0.3) is 11.8 Å². The quantitative estimate of drug-likeness (QED) is 0.277. The predicted octanol–water partition coefficient (Wildman–Crippen LogP) is 4.31. The molecule has 7 rings (SSSR count). The Morgan fingerprint density at radius 3 is 2.54 bits per heavy atom. The number of oxazole rings is 1. The lowest BCUT2D eigenvalue weighted by atomic mass is 9.91. The van der Waals surface area contributed by atoms with Crippen LogP contribution in [0.4, 0.5) is 19.3 Å². The van der Waals surface area contributed by atoms with Crippen LogP contribution in [0.2, 0.25) is 0 Å². The van der Waals surface area contributed by atoms with Gasteiger partial charge in [-0.05, 0) is 41.1 Å². The number of aryl methyl sites for hydroxylation is 1. The third-order valence-corrected chi connectivity index (χ3v) is 8.04. The summed E-state index contributed by atoms with van der Waals surface area (Å²) in [6.07, 6.45) is -1.05. The Kier molecular flexibility index (Phi) is 7.60. The number of fused-ring (bicyclic) bond motifs is 1. The van der Waals surface area contributed by atoms with E-state index in [2.05, 4.69) is 35.6 Å². The van der Waals surface area contributed by atoms with Crippen molar-refractivity contribution in [2.45, 2.75) is 30.9 Å². The van der Waals surface area contributed by atoms with Crippen LogP contribution in [0.1, 0.15) is 40.8 Å². The van der Waals surface area contributed by atoms with E-state index >= 15 is 0 Å². The van der Waals surface area contributed by atoms with Crippen LogP contribution in [0.15, 0.2) is 71.3 Å². The zero-order valence-corrected chi connectivity index (χ0v) is 24.7. The van der Waals surface area contributed by atoms with E-state index in [1.807, 2.05) is 30.3 Å². The van der Waals surface area contributed by atoms with Crippen molar-refractivity contribution in [2.75, 3.05) is 31.5 Å². The van der Waals surface area contributed by atoms with Gasteiger partial charge in [-0.3, -0.25) is 20.0 Å². The van der Waals surface area contributed by atoms with Crippen molar-refractivity contribution in [3.8, 4) is 11.5 Å². The summed E-state index contributed by atoms with van der Waals surface area (Å²) >= 11 is 0. The third kappa shape index (κ3) is 6.13. The Labute approximate surface area is 261 Å². The number of tetrazole rings is 1. The molecule has 13 nitrogen and oxygen atoms in total. The molecule has 1 N–H and O–H groups in total. The lowest BCUT2D eigenvalue weighted by Gasteiger charge is -2.38. The number of carbonyl (C=O) groups excluding carboxylic acids is 2. The standard InChI is InChI=1S/C31H29F2N9O4/c1-40-38-27(37-39-40)26(19-5-3-2-4-6-19)41-11-13-42(14-12-41)29(43)24-15-20(9-10-34-24)28-36-23-16-21(7-8-25(23)46-28)35-30(44)45-22-17-31(32,33)18-22/h2-10,15-16,22,26H,11-14,17-18H2,1H3,(H,35,44). The van der Waals surface area contributed by atoms with Gasteiger partial charge in [-0.1, -0.05) is 30.3 Å². The highest BCUT2D eigenvalue weighted by Crippen LogP contribution is 2.39. The van der Waals surface area contributed by atoms with Crippen LogP contribution < -0.4 is 5.32 Å². The van der Waals surface area contributed by atoms with Crippen LogP contribution in [-0.4, -0.2) is 90.2 Å². The minimum absolute atomic E-state index is 0.190. The molecule has 2 amide bonds. The van der Waals surface area contributed by atoms with Crippen LogP contribution in [0.5, 0.6) is 0 Å². The first-order chi connectivity index (χ1) is 22.2. The Morgan fingerprint density at radius 2 is 1.83 bits per heavy atom. The number of ether oxygens (including phenoxy) is 1. The Balaban J connectivity index is 1.01. The molecule has 4 heterocycles. The topological polar surface area (TPSA) is 144 Å². The fraction of sp³-hybridized carbons (Fsp3) is 0.323. The second kappa shape index (κ2) is 11.9. The van der Waals surface area contributed by atoms with Gasteiger partial charge in [0.05, 0.1) is 13.1 Å². The van der Waals surface area contributed by atoms with Crippen molar-refractivity contribution in [2.24, 2.45) is 7.05 Å². The van der Waals surface area contributed by atoms with E-state index in [0.717, 1.165) is 5.56 Å². The molecule has 1 atom stereocenters. The highest BCUT2D eigenvalue weighted by molar-refractivity contribution is 5.93. The Hall–Kier alpha value is -5.31. The van der Waals surface area contributed by atoms with Gasteiger partial charge in [0.15, 0.2) is 11.4 Å². The van der Waals surface area contributed by atoms with Crippen molar-refractivity contribution < 1.29 is 27.5 Å². The van der Waals surface area contributed by atoms with Crippen LogP contribution in [0, 0.1) is 0 Å². The highest BCUT2D eigenvalue weighted by atomic mass is 19.3. The Morgan fingerprint density at radius 1 is 1.04 bits per heavy atom. The number of piperazine rings is 1. The number of hydrogen-bond acceptors (Lipinski definition) is 10. The lowest BCUT2D eigenvalue weighted by molar-refractivity contribution is -0.142. The maximum atomic E-state index is 13.5. The molecule has 1 unspecified atom stereocenters. The molecule has 236 valence electrons. The van der Waals surface area contributed by atoms with E-state index in [0.29, 0.717) is 54.4 Å². The first-order valence-corrected chi connectivity index (χ1v) is 14.8. The zero-order chi connectivity index (χ0) is 31.8. The first kappa shape index (κ1) is 29.4. The van der Waals surface area contributed by atoms with Crippen molar-refractivity contribution in [1.29, 1.82) is 0 Å². The fourth-order valence-electron chi connectivity index (χ4n) is 5.71. The Bertz CT molecular complexity index is 1880. The molecule has 1 aliphatic carbocycles. The second-order valence-electron chi connectivity index (χ2n) is 11.3. The van der Waals surface area contributed by atoms with Crippen LogP contribution in [0.25, 0.3) is 22.6 Å². The summed E-state index contributed by atoms with van der Waals surface area (Å²) in [6, 6.07) is 17.9. The number of amides is 2. The highest BCUT2D eigenvalue weighted by Gasteiger charge is 2.47. The van der Waals surface area contributed by atoms with E-state index in [1.165, 1.54) is 11.0 Å². The number of rotatable bonds is 7. The molecule has 2 aliphatic rings. The molecular weight excluding hydrogens is 600 g/mol. The monoisotopic (exact) mass is 629 g/mol. The molecule has 1 saturated carbocycles. The molecular formula is C31H29F2N9O4. The number of hydrogen-bond donors (Lipinski definition) is 1. The summed E-state index contributed by atoms with van der Waals surface area (Å²) in [5, 5.41) is 15.3. The number of pyridine rings is 1. The molecule has 1 aliphatic heterocycles. The van der Waals surface area contributed by atoms with Gasteiger partial charge in [0.2, 0.25) is 5.89 Å². The summed E-state index contributed by atoms with van der Waals surface area (Å²) in [5.41, 5.74) is 3.15. The summed E-state index contributed by atoms with van der Waals surface area (Å²) in [7, 11) is 1.73. The van der Waals surface area contributed by atoms with E-state index in [1.54, 1.807) is 42.3 Å². The molecule has 0 bridgehead atoms. The largest absolute Gasteiger partial charge is 0.446 e. The summed E-state index contributed by atoms with van der Waals surface area (Å²) in [5.74, 6) is -2.11. The van der Waals surface area contributed by atoms with Crippen LogP contribution >= 0.6 is 0 Å². The van der Waals surface area contributed by atoms with E-state index in [-0.39, 0.29) is 23.5 Å². The molecule has 2 aromatic carbocycles. The SMILES string of the molecule is Cn1nnc(C(c2ccccc2)N2CCN(C(=O)c3cc(-c4nc5cc(NC(=O)OC6CC(F)(F)C6)ccc5o4)ccn3)CC2)n1. The molecule has 0 radical (unpaired) electrons. The van der Waals surface area contributed by atoms with Crippen LogP contribution in [0.3, 0.4) is 0 Å². The average molecular weight is 630 g/mol. The first-order valence-electron chi connectivity index (χ1n) is 14.8. The van der Waals surface area contributed by atoms with Crippen molar-refractivity contribution in [1.82, 2.24) is 40.0 Å². The minimum Gasteiger partial charge on any atom is -0.446 e. The molecule has 46 heavy (non-hydrogen) atoms. The summed E-state index contributed by atoms with van der Waals surface area (Å²) < 4.78 is 37.0. The second-order valence-corrected chi connectivity index (χ2v) is 11.3. The van der Waals surface area contributed by atoms with Crippen molar-refractivity contribution in [3.05, 3.63) is 83.9 Å². The normalized spacial score (nSPS) is 17.4. The smallest absolute Gasteiger partial charge is 0.411 e. The number of nitrogens with zero attached hydrogens (tertiary/aromatic N) is 8. The maximum Gasteiger partial charge on any atom is 0.411 e. The molecule has 1 saturated heterocycles. The van der Waals surface area contributed by atoms with Crippen molar-refractivity contribution in [3.63, 3.8) is 0 Å². The molecule has 0 spiro atoms. The van der Waals surface area contributed by atoms with Crippen LogP contribution in [-0.2, 0) is 11.8 Å². The van der Waals surface area contributed by atoms with E-state index in [4.69, 9.17) is 9.15 Å². The van der Waals surface area contributed by atoms with E-state index in [9.17, 15) is 18.4 Å². The molecule has 2 fully saturated rings. The van der Waals surface area contributed by atoms with Gasteiger partial charge >= 0.3 is 6.09 Å². The van der Waals surface area contributed by atoms with Gasteiger partial charge in [-0.25, -0.2) is 18.6 Å². The fourth-order valence-corrected chi connectivity index (χ4v) is 5.71. The lowest BCUT2D eigenvalue weighted by Crippen LogP contribution is -2.50. The van der Waals surface area contributed by atoms with Gasteiger partial charge in [-0.15, -0.1) is 10.2 Å². The predicted molar refractivity (Wildman–Crippen MR) is 160 cm³/mol. The molecule has 3 aromatic heterocycles. The minimum atomic E-state index is -2.78. The average Bonchev–Trinajstić information content (AvgIpc) is 3.67. The number of halogens is 2. The van der Waals surface area contributed by atoms with Gasteiger partial charge in [0.1, 0.15) is 17.3 Å². The van der Waals surface area contributed by atoms with Gasteiger partial charge in [-0.2, -0.15) is 4.80 Å².